The number of hydrogen-bond acceptors (Lipinski definition) is 3. The average Bonchev–Trinajstić information content (AvgIpc) is 2.90. The fourth-order valence-corrected chi connectivity index (χ4v) is 3.37. The zero-order chi connectivity index (χ0) is 16.2. The van der Waals surface area contributed by atoms with E-state index >= 15 is 0 Å². The topological polar surface area (TPSA) is 80.1 Å². The Hall–Kier alpha value is -1.56. The number of benzene rings is 1. The molecule has 0 saturated carbocycles. The SMILES string of the molecule is Cc1[nH]c2ccccc2c1CCNC(=O)C(N)C1CCOCC1.Cl. The molecule has 6 heteroatoms. The van der Waals surface area contributed by atoms with Gasteiger partial charge in [0.2, 0.25) is 5.91 Å². The molecule has 5 nitrogen and oxygen atoms in total. The van der Waals surface area contributed by atoms with Crippen LogP contribution in [0.5, 0.6) is 0 Å². The zero-order valence-corrected chi connectivity index (χ0v) is 14.8. The minimum absolute atomic E-state index is 0. The van der Waals surface area contributed by atoms with Gasteiger partial charge in [-0.15, -0.1) is 12.4 Å². The molecule has 24 heavy (non-hydrogen) atoms. The van der Waals surface area contributed by atoms with Gasteiger partial charge in [-0.05, 0) is 43.7 Å². The minimum Gasteiger partial charge on any atom is -0.381 e. The molecule has 4 N–H and O–H groups in total. The molecular weight excluding hydrogens is 326 g/mol. The number of rotatable bonds is 5. The lowest BCUT2D eigenvalue weighted by Gasteiger charge is -2.26. The van der Waals surface area contributed by atoms with Crippen molar-refractivity contribution in [3.63, 3.8) is 0 Å². The Kier molecular flexibility index (Phi) is 6.66. The Balaban J connectivity index is 0.00000208. The molecule has 1 saturated heterocycles. The number of carbonyl (C=O) groups is 1. The van der Waals surface area contributed by atoms with E-state index in [-0.39, 0.29) is 24.2 Å². The van der Waals surface area contributed by atoms with E-state index in [9.17, 15) is 4.79 Å². The van der Waals surface area contributed by atoms with Crippen molar-refractivity contribution >= 4 is 29.2 Å². The van der Waals surface area contributed by atoms with Crippen LogP contribution in [-0.2, 0) is 16.0 Å². The summed E-state index contributed by atoms with van der Waals surface area (Å²) in [4.78, 5) is 15.6. The Morgan fingerprint density at radius 3 is 2.83 bits per heavy atom. The van der Waals surface area contributed by atoms with Gasteiger partial charge in [0.05, 0.1) is 6.04 Å². The fourth-order valence-electron chi connectivity index (χ4n) is 3.37. The van der Waals surface area contributed by atoms with Gasteiger partial charge < -0.3 is 20.8 Å². The van der Waals surface area contributed by atoms with Gasteiger partial charge in [0.25, 0.3) is 0 Å². The predicted molar refractivity (Wildman–Crippen MR) is 98.5 cm³/mol. The first-order valence-electron chi connectivity index (χ1n) is 8.34. The third kappa shape index (κ3) is 4.09. The molecule has 3 rings (SSSR count). The van der Waals surface area contributed by atoms with Crippen LogP contribution >= 0.6 is 12.4 Å². The maximum atomic E-state index is 12.2. The standard InChI is InChI=1S/C18H25N3O2.ClH/c1-12-14(15-4-2-3-5-16(15)21-12)6-9-20-18(22)17(19)13-7-10-23-11-8-13;/h2-5,13,17,21H,6-11,19H2,1H3,(H,20,22);1H. The number of aromatic amines is 1. The van der Waals surface area contributed by atoms with Crippen molar-refractivity contribution < 1.29 is 9.53 Å². The molecule has 0 aliphatic carbocycles. The molecule has 1 amide bonds. The summed E-state index contributed by atoms with van der Waals surface area (Å²) < 4.78 is 5.32. The lowest BCUT2D eigenvalue weighted by atomic mass is 9.92. The Morgan fingerprint density at radius 2 is 2.08 bits per heavy atom. The largest absolute Gasteiger partial charge is 0.381 e. The van der Waals surface area contributed by atoms with E-state index in [2.05, 4.69) is 29.4 Å². The molecule has 1 aliphatic heterocycles. The van der Waals surface area contributed by atoms with E-state index in [1.165, 1.54) is 10.9 Å². The highest BCUT2D eigenvalue weighted by atomic mass is 35.5. The van der Waals surface area contributed by atoms with E-state index in [4.69, 9.17) is 10.5 Å². The number of hydrogen-bond donors (Lipinski definition) is 3. The lowest BCUT2D eigenvalue weighted by molar-refractivity contribution is -0.124. The molecule has 0 spiro atoms. The van der Waals surface area contributed by atoms with Crippen molar-refractivity contribution in [2.45, 2.75) is 32.2 Å². The molecule has 2 heterocycles. The summed E-state index contributed by atoms with van der Waals surface area (Å²) in [6.07, 6.45) is 2.55. The number of carbonyl (C=O) groups excluding carboxylic acids is 1. The molecule has 1 atom stereocenters. The first-order valence-corrected chi connectivity index (χ1v) is 8.34. The molecular formula is C18H26ClN3O2. The molecule has 1 aromatic carbocycles. The van der Waals surface area contributed by atoms with Gasteiger partial charge in [-0.3, -0.25) is 4.79 Å². The number of aromatic nitrogens is 1. The highest BCUT2D eigenvalue weighted by Gasteiger charge is 2.26. The number of halogens is 1. The van der Waals surface area contributed by atoms with Gasteiger partial charge >= 0.3 is 0 Å². The van der Waals surface area contributed by atoms with E-state index in [0.29, 0.717) is 19.8 Å². The number of ether oxygens (including phenoxy) is 1. The molecule has 0 bridgehead atoms. The van der Waals surface area contributed by atoms with Gasteiger partial charge in [0.1, 0.15) is 0 Å². The normalized spacial score (nSPS) is 16.6. The van der Waals surface area contributed by atoms with Crippen molar-refractivity contribution in [2.75, 3.05) is 19.8 Å². The number of aryl methyl sites for hydroxylation is 1. The highest BCUT2D eigenvalue weighted by molar-refractivity contribution is 5.85. The maximum absolute atomic E-state index is 12.2. The van der Waals surface area contributed by atoms with Gasteiger partial charge in [0.15, 0.2) is 0 Å². The number of nitrogens with two attached hydrogens (primary N) is 1. The maximum Gasteiger partial charge on any atom is 0.237 e. The number of H-pyrrole nitrogens is 1. The second kappa shape index (κ2) is 8.51. The Bertz CT molecular complexity index is 680. The predicted octanol–water partition coefficient (Wildman–Crippen LogP) is 2.31. The first kappa shape index (κ1) is 18.8. The van der Waals surface area contributed by atoms with Crippen LogP contribution < -0.4 is 11.1 Å². The van der Waals surface area contributed by atoms with Crippen LogP contribution in [0.3, 0.4) is 0 Å². The molecule has 132 valence electrons. The summed E-state index contributed by atoms with van der Waals surface area (Å²) in [6, 6.07) is 7.83. The molecule has 1 aromatic heterocycles. The fraction of sp³-hybridized carbons (Fsp3) is 0.500. The quantitative estimate of drug-likeness (QED) is 0.773. The summed E-state index contributed by atoms with van der Waals surface area (Å²) in [5.41, 5.74) is 9.67. The van der Waals surface area contributed by atoms with Crippen LogP contribution in [0.2, 0.25) is 0 Å². The van der Waals surface area contributed by atoms with Crippen LogP contribution in [0.15, 0.2) is 24.3 Å². The monoisotopic (exact) mass is 351 g/mol. The van der Waals surface area contributed by atoms with Gasteiger partial charge in [-0.1, -0.05) is 18.2 Å². The van der Waals surface area contributed by atoms with E-state index in [0.717, 1.165) is 30.5 Å². The molecule has 0 radical (unpaired) electrons. The summed E-state index contributed by atoms with van der Waals surface area (Å²) in [5, 5.41) is 4.22. The second-order valence-electron chi connectivity index (χ2n) is 6.29. The number of nitrogens with one attached hydrogen (secondary N) is 2. The Morgan fingerprint density at radius 1 is 1.38 bits per heavy atom. The van der Waals surface area contributed by atoms with Crippen LogP contribution in [-0.4, -0.2) is 36.7 Å². The highest BCUT2D eigenvalue weighted by Crippen LogP contribution is 2.22. The summed E-state index contributed by atoms with van der Waals surface area (Å²) in [5.74, 6) is 0.188. The van der Waals surface area contributed by atoms with Crippen LogP contribution in [0.4, 0.5) is 0 Å². The second-order valence-corrected chi connectivity index (χ2v) is 6.29. The zero-order valence-electron chi connectivity index (χ0n) is 14.0. The van der Waals surface area contributed by atoms with Crippen molar-refractivity contribution in [3.8, 4) is 0 Å². The van der Waals surface area contributed by atoms with Crippen molar-refractivity contribution in [2.24, 2.45) is 11.7 Å². The summed E-state index contributed by atoms with van der Waals surface area (Å²) >= 11 is 0. The lowest BCUT2D eigenvalue weighted by Crippen LogP contribution is -2.47. The number of fused-ring (bicyclic) bond motifs is 1. The van der Waals surface area contributed by atoms with Crippen molar-refractivity contribution in [1.29, 1.82) is 0 Å². The first-order chi connectivity index (χ1) is 11.2. The van der Waals surface area contributed by atoms with Crippen molar-refractivity contribution in [1.82, 2.24) is 10.3 Å². The minimum atomic E-state index is -0.428. The molecule has 1 aliphatic rings. The van der Waals surface area contributed by atoms with Gasteiger partial charge in [0, 0.05) is 36.4 Å². The molecule has 1 fully saturated rings. The van der Waals surface area contributed by atoms with Crippen LogP contribution in [0, 0.1) is 12.8 Å². The number of amides is 1. The summed E-state index contributed by atoms with van der Waals surface area (Å²) in [6.45, 7) is 4.10. The van der Waals surface area contributed by atoms with E-state index in [1.54, 1.807) is 0 Å². The number of para-hydroxylation sites is 1. The third-order valence-corrected chi connectivity index (χ3v) is 4.78. The third-order valence-electron chi connectivity index (χ3n) is 4.78. The summed E-state index contributed by atoms with van der Waals surface area (Å²) in [7, 11) is 0. The molecule has 2 aromatic rings. The Labute approximate surface area is 148 Å². The van der Waals surface area contributed by atoms with Crippen molar-refractivity contribution in [3.05, 3.63) is 35.5 Å². The van der Waals surface area contributed by atoms with Crippen LogP contribution in [0.1, 0.15) is 24.1 Å². The smallest absolute Gasteiger partial charge is 0.237 e. The van der Waals surface area contributed by atoms with Gasteiger partial charge in [-0.25, -0.2) is 0 Å². The van der Waals surface area contributed by atoms with Crippen LogP contribution in [0.25, 0.3) is 10.9 Å². The van der Waals surface area contributed by atoms with E-state index in [1.807, 2.05) is 12.1 Å². The average molecular weight is 352 g/mol. The van der Waals surface area contributed by atoms with Gasteiger partial charge in [-0.2, -0.15) is 0 Å². The molecule has 1 unspecified atom stereocenters. The van der Waals surface area contributed by atoms with E-state index < -0.39 is 6.04 Å².